The van der Waals surface area contributed by atoms with Gasteiger partial charge in [-0.2, -0.15) is 5.10 Å². The van der Waals surface area contributed by atoms with Crippen molar-refractivity contribution in [3.8, 4) is 0 Å². The Morgan fingerprint density at radius 1 is 1.04 bits per heavy atom. The number of amides is 1. The number of nitrogens with zero attached hydrogens (tertiary/aromatic N) is 2. The van der Waals surface area contributed by atoms with E-state index in [1.807, 2.05) is 59.4 Å². The minimum absolute atomic E-state index is 0.0493. The number of hydrogen-bond acceptors (Lipinski definition) is 3. The van der Waals surface area contributed by atoms with Gasteiger partial charge in [-0.3, -0.25) is 14.8 Å². The molecule has 0 bridgehead atoms. The summed E-state index contributed by atoms with van der Waals surface area (Å²) in [6.45, 7) is 1.34. The molecule has 5 heteroatoms. The molecule has 1 aromatic heterocycles. The number of rotatable bonds is 8. The summed E-state index contributed by atoms with van der Waals surface area (Å²) in [6.07, 6.45) is 5.91. The van der Waals surface area contributed by atoms with E-state index in [9.17, 15) is 4.79 Å². The maximum atomic E-state index is 12.8. The molecular weight excluding hydrogens is 336 g/mol. The highest BCUT2D eigenvalue weighted by molar-refractivity contribution is 5.83. The summed E-state index contributed by atoms with van der Waals surface area (Å²) in [4.78, 5) is 12.8. The lowest BCUT2D eigenvalue weighted by molar-refractivity contribution is -0.123. The van der Waals surface area contributed by atoms with Gasteiger partial charge < -0.3 is 5.32 Å². The summed E-state index contributed by atoms with van der Waals surface area (Å²) in [5.41, 5.74) is 3.36. The zero-order valence-electron chi connectivity index (χ0n) is 15.2. The van der Waals surface area contributed by atoms with E-state index in [4.69, 9.17) is 0 Å². The first kappa shape index (κ1) is 17.5. The highest BCUT2D eigenvalue weighted by Crippen LogP contribution is 2.22. The zero-order chi connectivity index (χ0) is 18.5. The largest absolute Gasteiger partial charge is 0.352 e. The van der Waals surface area contributed by atoms with Crippen molar-refractivity contribution in [2.24, 2.45) is 0 Å². The second-order valence-electron chi connectivity index (χ2n) is 6.98. The van der Waals surface area contributed by atoms with Gasteiger partial charge in [0.2, 0.25) is 5.91 Å². The number of aromatic nitrogens is 2. The third-order valence-electron chi connectivity index (χ3n) is 4.83. The molecular formula is C22H24N4O. The highest BCUT2D eigenvalue weighted by Gasteiger charge is 2.28. The molecule has 0 radical (unpaired) electrons. The standard InChI is InChI=1S/C22H24N4O/c27-22(25-20-11-12-20)21(17-7-2-1-3-8-17)23-15-18-9-4-5-10-19(18)16-26-14-6-13-24-26/h1-10,13-14,20-21,23H,11-12,15-16H2,(H,25,27). The molecule has 1 aliphatic carbocycles. The van der Waals surface area contributed by atoms with E-state index in [1.165, 1.54) is 11.1 Å². The lowest BCUT2D eigenvalue weighted by Gasteiger charge is -2.20. The van der Waals surface area contributed by atoms with Crippen molar-refractivity contribution in [3.05, 3.63) is 89.7 Å². The maximum absolute atomic E-state index is 12.8. The quantitative estimate of drug-likeness (QED) is 0.649. The number of benzene rings is 2. The summed E-state index contributed by atoms with van der Waals surface area (Å²) in [7, 11) is 0. The van der Waals surface area contributed by atoms with Crippen LogP contribution in [-0.2, 0) is 17.9 Å². The Morgan fingerprint density at radius 2 is 1.78 bits per heavy atom. The fourth-order valence-corrected chi connectivity index (χ4v) is 3.18. The van der Waals surface area contributed by atoms with Gasteiger partial charge in [-0.15, -0.1) is 0 Å². The van der Waals surface area contributed by atoms with Gasteiger partial charge in [0.25, 0.3) is 0 Å². The molecule has 0 spiro atoms. The van der Waals surface area contributed by atoms with Gasteiger partial charge in [0.1, 0.15) is 6.04 Å². The van der Waals surface area contributed by atoms with Gasteiger partial charge in [-0.05, 0) is 35.6 Å². The fraction of sp³-hybridized carbons (Fsp3) is 0.273. The van der Waals surface area contributed by atoms with Gasteiger partial charge >= 0.3 is 0 Å². The first-order valence-corrected chi connectivity index (χ1v) is 9.42. The van der Waals surface area contributed by atoms with Crippen LogP contribution < -0.4 is 10.6 Å². The van der Waals surface area contributed by atoms with Crippen molar-refractivity contribution < 1.29 is 4.79 Å². The average molecular weight is 360 g/mol. The molecule has 0 aliphatic heterocycles. The maximum Gasteiger partial charge on any atom is 0.241 e. The van der Waals surface area contributed by atoms with Crippen molar-refractivity contribution in [1.29, 1.82) is 0 Å². The van der Waals surface area contributed by atoms with Crippen LogP contribution in [0.5, 0.6) is 0 Å². The molecule has 1 amide bonds. The smallest absolute Gasteiger partial charge is 0.241 e. The Hall–Kier alpha value is -2.92. The molecule has 4 rings (SSSR count). The molecule has 1 aliphatic rings. The number of nitrogens with one attached hydrogen (secondary N) is 2. The summed E-state index contributed by atoms with van der Waals surface area (Å²) in [5.74, 6) is 0.0493. The van der Waals surface area contributed by atoms with Crippen LogP contribution in [0.25, 0.3) is 0 Å². The lowest BCUT2D eigenvalue weighted by Crippen LogP contribution is -2.38. The summed E-state index contributed by atoms with van der Waals surface area (Å²) in [6, 6.07) is 20.1. The highest BCUT2D eigenvalue weighted by atomic mass is 16.2. The Morgan fingerprint density at radius 3 is 2.48 bits per heavy atom. The van der Waals surface area contributed by atoms with E-state index in [0.29, 0.717) is 12.6 Å². The van der Waals surface area contributed by atoms with Crippen molar-refractivity contribution in [1.82, 2.24) is 20.4 Å². The average Bonchev–Trinajstić information content (AvgIpc) is 3.36. The molecule has 2 aromatic carbocycles. The van der Waals surface area contributed by atoms with E-state index in [0.717, 1.165) is 24.9 Å². The van der Waals surface area contributed by atoms with Gasteiger partial charge in [0.05, 0.1) is 6.54 Å². The minimum atomic E-state index is -0.357. The molecule has 1 fully saturated rings. The first-order chi connectivity index (χ1) is 13.3. The van der Waals surface area contributed by atoms with E-state index in [-0.39, 0.29) is 11.9 Å². The summed E-state index contributed by atoms with van der Waals surface area (Å²) < 4.78 is 1.91. The monoisotopic (exact) mass is 360 g/mol. The number of carbonyl (C=O) groups is 1. The SMILES string of the molecule is O=C(NC1CC1)C(NCc1ccccc1Cn1cccn1)c1ccccc1. The molecule has 3 aromatic rings. The molecule has 138 valence electrons. The normalized spacial score (nSPS) is 14.7. The van der Waals surface area contributed by atoms with E-state index < -0.39 is 0 Å². The molecule has 1 saturated carbocycles. The summed E-state index contributed by atoms with van der Waals surface area (Å²) >= 11 is 0. The Balaban J connectivity index is 1.49. The Labute approximate surface area is 159 Å². The van der Waals surface area contributed by atoms with Crippen molar-refractivity contribution in [3.63, 3.8) is 0 Å². The molecule has 1 heterocycles. The van der Waals surface area contributed by atoms with Gasteiger partial charge in [-0.25, -0.2) is 0 Å². The topological polar surface area (TPSA) is 59.0 Å². The predicted octanol–water partition coefficient (Wildman–Crippen LogP) is 3.04. The van der Waals surface area contributed by atoms with Crippen LogP contribution in [-0.4, -0.2) is 21.7 Å². The second kappa shape index (κ2) is 8.18. The van der Waals surface area contributed by atoms with Crippen molar-refractivity contribution >= 4 is 5.91 Å². The van der Waals surface area contributed by atoms with Crippen LogP contribution in [0, 0.1) is 0 Å². The van der Waals surface area contributed by atoms with E-state index >= 15 is 0 Å². The minimum Gasteiger partial charge on any atom is -0.352 e. The Bertz CT molecular complexity index is 872. The molecule has 5 nitrogen and oxygen atoms in total. The van der Waals surface area contributed by atoms with Crippen LogP contribution in [0.1, 0.15) is 35.6 Å². The van der Waals surface area contributed by atoms with Gasteiger partial charge in [0, 0.05) is 25.0 Å². The Kier molecular flexibility index (Phi) is 5.30. The predicted molar refractivity (Wildman–Crippen MR) is 105 cm³/mol. The van der Waals surface area contributed by atoms with E-state index in [1.54, 1.807) is 6.20 Å². The van der Waals surface area contributed by atoms with Crippen molar-refractivity contribution in [2.75, 3.05) is 0 Å². The van der Waals surface area contributed by atoms with Crippen LogP contribution in [0.4, 0.5) is 0 Å². The van der Waals surface area contributed by atoms with Crippen LogP contribution in [0.15, 0.2) is 73.1 Å². The molecule has 0 saturated heterocycles. The van der Waals surface area contributed by atoms with Crippen LogP contribution in [0.3, 0.4) is 0 Å². The summed E-state index contributed by atoms with van der Waals surface area (Å²) in [5, 5.41) is 10.9. The number of hydrogen-bond donors (Lipinski definition) is 2. The molecule has 2 N–H and O–H groups in total. The fourth-order valence-electron chi connectivity index (χ4n) is 3.18. The lowest BCUT2D eigenvalue weighted by atomic mass is 10.0. The molecule has 1 atom stereocenters. The van der Waals surface area contributed by atoms with Crippen LogP contribution in [0.2, 0.25) is 0 Å². The van der Waals surface area contributed by atoms with Gasteiger partial charge in [-0.1, -0.05) is 54.6 Å². The number of carbonyl (C=O) groups excluding carboxylic acids is 1. The molecule has 1 unspecified atom stereocenters. The zero-order valence-corrected chi connectivity index (χ0v) is 15.2. The van der Waals surface area contributed by atoms with Gasteiger partial charge in [0.15, 0.2) is 0 Å². The first-order valence-electron chi connectivity index (χ1n) is 9.42. The third kappa shape index (κ3) is 4.63. The van der Waals surface area contributed by atoms with Crippen LogP contribution >= 0.6 is 0 Å². The van der Waals surface area contributed by atoms with Crippen molar-refractivity contribution in [2.45, 2.75) is 38.0 Å². The van der Waals surface area contributed by atoms with E-state index in [2.05, 4.69) is 27.9 Å². The second-order valence-corrected chi connectivity index (χ2v) is 6.98. The molecule has 27 heavy (non-hydrogen) atoms. The third-order valence-corrected chi connectivity index (χ3v) is 4.83.